The van der Waals surface area contributed by atoms with Crippen LogP contribution in [-0.2, 0) is 4.74 Å². The standard InChI is InChI=1S/C13H23NO/c1-5-9-14(3)11(2)12-7-6-8-13(10-12)15-4/h8,10-11H,5-7,9H2,1-4H3. The third-order valence-electron chi connectivity index (χ3n) is 3.12. The van der Waals surface area contributed by atoms with E-state index >= 15 is 0 Å². The molecule has 0 heterocycles. The molecule has 1 aliphatic carbocycles. The zero-order valence-corrected chi connectivity index (χ0v) is 10.4. The van der Waals surface area contributed by atoms with Crippen LogP contribution in [-0.4, -0.2) is 31.6 Å². The van der Waals surface area contributed by atoms with Crippen LogP contribution in [0, 0.1) is 0 Å². The summed E-state index contributed by atoms with van der Waals surface area (Å²) in [5.41, 5.74) is 1.49. The van der Waals surface area contributed by atoms with E-state index in [1.54, 1.807) is 7.11 Å². The van der Waals surface area contributed by atoms with E-state index in [0.29, 0.717) is 6.04 Å². The number of methoxy groups -OCH3 is 1. The molecule has 0 fully saturated rings. The second kappa shape index (κ2) is 5.96. The van der Waals surface area contributed by atoms with E-state index < -0.39 is 0 Å². The van der Waals surface area contributed by atoms with Crippen LogP contribution >= 0.6 is 0 Å². The molecule has 15 heavy (non-hydrogen) atoms. The molecule has 1 rings (SSSR count). The van der Waals surface area contributed by atoms with E-state index in [1.165, 1.54) is 18.4 Å². The number of ether oxygens (including phenoxy) is 1. The molecule has 86 valence electrons. The summed E-state index contributed by atoms with van der Waals surface area (Å²) < 4.78 is 5.28. The molecule has 0 aromatic carbocycles. The largest absolute Gasteiger partial charge is 0.497 e. The molecule has 1 atom stereocenters. The van der Waals surface area contributed by atoms with Gasteiger partial charge < -0.3 is 4.74 Å². The van der Waals surface area contributed by atoms with E-state index in [4.69, 9.17) is 4.74 Å². The van der Waals surface area contributed by atoms with Crippen molar-refractivity contribution >= 4 is 0 Å². The molecule has 0 amide bonds. The summed E-state index contributed by atoms with van der Waals surface area (Å²) in [5.74, 6) is 1.02. The van der Waals surface area contributed by atoms with Crippen molar-refractivity contribution in [2.24, 2.45) is 0 Å². The first-order chi connectivity index (χ1) is 7.19. The van der Waals surface area contributed by atoms with Crippen LogP contribution in [0.4, 0.5) is 0 Å². The van der Waals surface area contributed by atoms with Crippen LogP contribution in [0.5, 0.6) is 0 Å². The summed E-state index contributed by atoms with van der Waals surface area (Å²) in [6.45, 7) is 5.66. The van der Waals surface area contributed by atoms with Crippen LogP contribution in [0.3, 0.4) is 0 Å². The van der Waals surface area contributed by atoms with Gasteiger partial charge in [0.1, 0.15) is 5.76 Å². The molecular formula is C13H23NO. The molecule has 0 saturated carbocycles. The van der Waals surface area contributed by atoms with Crippen LogP contribution in [0.25, 0.3) is 0 Å². The van der Waals surface area contributed by atoms with Gasteiger partial charge in [-0.25, -0.2) is 0 Å². The molecule has 0 spiro atoms. The smallest absolute Gasteiger partial charge is 0.114 e. The molecule has 0 aliphatic heterocycles. The van der Waals surface area contributed by atoms with Gasteiger partial charge >= 0.3 is 0 Å². The molecule has 0 radical (unpaired) electrons. The molecule has 0 saturated heterocycles. The normalized spacial score (nSPS) is 18.5. The Balaban J connectivity index is 2.63. The topological polar surface area (TPSA) is 12.5 Å². The van der Waals surface area contributed by atoms with Crippen molar-refractivity contribution in [3.8, 4) is 0 Å². The fourth-order valence-electron chi connectivity index (χ4n) is 2.00. The molecule has 2 heteroatoms. The van der Waals surface area contributed by atoms with Gasteiger partial charge in [0.05, 0.1) is 7.11 Å². The molecule has 2 nitrogen and oxygen atoms in total. The Bertz CT molecular complexity index is 255. The lowest BCUT2D eigenvalue weighted by atomic mass is 9.97. The highest BCUT2D eigenvalue weighted by Crippen LogP contribution is 2.22. The summed E-state index contributed by atoms with van der Waals surface area (Å²) in [6, 6.07) is 0.531. The maximum Gasteiger partial charge on any atom is 0.114 e. The van der Waals surface area contributed by atoms with Crippen molar-refractivity contribution in [2.45, 2.75) is 39.2 Å². The van der Waals surface area contributed by atoms with Gasteiger partial charge in [-0.3, -0.25) is 4.90 Å². The Hall–Kier alpha value is -0.760. The van der Waals surface area contributed by atoms with Crippen LogP contribution < -0.4 is 0 Å². The van der Waals surface area contributed by atoms with E-state index in [0.717, 1.165) is 18.7 Å². The lowest BCUT2D eigenvalue weighted by molar-refractivity contribution is 0.274. The van der Waals surface area contributed by atoms with Gasteiger partial charge in [-0.05, 0) is 57.5 Å². The van der Waals surface area contributed by atoms with Gasteiger partial charge in [-0.15, -0.1) is 0 Å². The monoisotopic (exact) mass is 209 g/mol. The van der Waals surface area contributed by atoms with Crippen LogP contribution in [0.2, 0.25) is 0 Å². The van der Waals surface area contributed by atoms with Crippen LogP contribution in [0.15, 0.2) is 23.5 Å². The van der Waals surface area contributed by atoms with Gasteiger partial charge in [0.2, 0.25) is 0 Å². The molecular weight excluding hydrogens is 186 g/mol. The van der Waals surface area contributed by atoms with Crippen molar-refractivity contribution in [1.82, 2.24) is 4.90 Å². The summed E-state index contributed by atoms with van der Waals surface area (Å²) in [5, 5.41) is 0. The second-order valence-corrected chi connectivity index (χ2v) is 4.23. The third-order valence-corrected chi connectivity index (χ3v) is 3.12. The van der Waals surface area contributed by atoms with E-state index in [-0.39, 0.29) is 0 Å². The Kier molecular flexibility index (Phi) is 4.89. The minimum absolute atomic E-state index is 0.531. The number of rotatable bonds is 5. The number of allylic oxidation sites excluding steroid dienone is 2. The SMILES string of the molecule is CCCN(C)C(C)C1=CC(OC)=CCC1. The minimum atomic E-state index is 0.531. The summed E-state index contributed by atoms with van der Waals surface area (Å²) in [6.07, 6.45) is 7.85. The predicted molar refractivity (Wildman–Crippen MR) is 64.8 cm³/mol. The first kappa shape index (κ1) is 12.3. The first-order valence-electron chi connectivity index (χ1n) is 5.83. The van der Waals surface area contributed by atoms with E-state index in [9.17, 15) is 0 Å². The maximum absolute atomic E-state index is 5.28. The van der Waals surface area contributed by atoms with Crippen LogP contribution in [0.1, 0.15) is 33.1 Å². The van der Waals surface area contributed by atoms with E-state index in [2.05, 4.69) is 37.9 Å². The highest BCUT2D eigenvalue weighted by molar-refractivity contribution is 5.26. The Morgan fingerprint density at radius 3 is 2.87 bits per heavy atom. The van der Waals surface area contributed by atoms with Crippen molar-refractivity contribution < 1.29 is 4.74 Å². The molecule has 1 unspecified atom stereocenters. The Morgan fingerprint density at radius 1 is 1.53 bits per heavy atom. The number of likely N-dealkylation sites (N-methyl/N-ethyl adjacent to an activating group) is 1. The third kappa shape index (κ3) is 3.38. The zero-order chi connectivity index (χ0) is 11.3. The average molecular weight is 209 g/mol. The van der Waals surface area contributed by atoms with Crippen molar-refractivity contribution in [3.63, 3.8) is 0 Å². The fourth-order valence-corrected chi connectivity index (χ4v) is 2.00. The number of hydrogen-bond donors (Lipinski definition) is 0. The quantitative estimate of drug-likeness (QED) is 0.690. The molecule has 0 aromatic heterocycles. The highest BCUT2D eigenvalue weighted by Gasteiger charge is 2.15. The minimum Gasteiger partial charge on any atom is -0.497 e. The Morgan fingerprint density at radius 2 is 2.27 bits per heavy atom. The molecule has 0 bridgehead atoms. The number of nitrogens with zero attached hydrogens (tertiary/aromatic N) is 1. The average Bonchev–Trinajstić information content (AvgIpc) is 2.28. The summed E-state index contributed by atoms with van der Waals surface area (Å²) >= 11 is 0. The van der Waals surface area contributed by atoms with Gasteiger partial charge in [-0.2, -0.15) is 0 Å². The lowest BCUT2D eigenvalue weighted by Gasteiger charge is -2.28. The Labute approximate surface area is 93.6 Å². The van der Waals surface area contributed by atoms with E-state index in [1.807, 2.05) is 0 Å². The van der Waals surface area contributed by atoms with Gasteiger partial charge in [0.15, 0.2) is 0 Å². The summed E-state index contributed by atoms with van der Waals surface area (Å²) in [7, 11) is 3.94. The van der Waals surface area contributed by atoms with Crippen molar-refractivity contribution in [3.05, 3.63) is 23.5 Å². The fraction of sp³-hybridized carbons (Fsp3) is 0.692. The molecule has 0 aromatic rings. The van der Waals surface area contributed by atoms with Gasteiger partial charge in [-0.1, -0.05) is 6.92 Å². The van der Waals surface area contributed by atoms with Gasteiger partial charge in [0, 0.05) is 6.04 Å². The molecule has 0 N–H and O–H groups in total. The van der Waals surface area contributed by atoms with Gasteiger partial charge in [0.25, 0.3) is 0 Å². The predicted octanol–water partition coefficient (Wildman–Crippen LogP) is 2.97. The highest BCUT2D eigenvalue weighted by atomic mass is 16.5. The summed E-state index contributed by atoms with van der Waals surface area (Å²) in [4.78, 5) is 2.41. The molecule has 1 aliphatic rings. The maximum atomic E-state index is 5.28. The number of hydrogen-bond acceptors (Lipinski definition) is 2. The van der Waals surface area contributed by atoms with Crippen molar-refractivity contribution in [2.75, 3.05) is 20.7 Å². The lowest BCUT2D eigenvalue weighted by Crippen LogP contribution is -2.31. The second-order valence-electron chi connectivity index (χ2n) is 4.23. The zero-order valence-electron chi connectivity index (χ0n) is 10.4. The van der Waals surface area contributed by atoms with Crippen molar-refractivity contribution in [1.29, 1.82) is 0 Å². The first-order valence-corrected chi connectivity index (χ1v) is 5.83.